The van der Waals surface area contributed by atoms with Gasteiger partial charge in [0, 0.05) is 6.61 Å². The molecule has 0 aromatic carbocycles. The Morgan fingerprint density at radius 2 is 1.46 bits per heavy atom. The van der Waals surface area contributed by atoms with E-state index < -0.39 is 24.4 Å². The highest BCUT2D eigenvalue weighted by Crippen LogP contribution is 2.16. The average molecular weight is 373 g/mol. The molecule has 1 aliphatic rings. The fourth-order valence-corrected chi connectivity index (χ4v) is 3.14. The first-order valence-corrected chi connectivity index (χ1v) is 10.5. The van der Waals surface area contributed by atoms with E-state index in [9.17, 15) is 15.3 Å². The maximum atomic E-state index is 9.80. The van der Waals surface area contributed by atoms with E-state index in [2.05, 4.69) is 19.1 Å². The van der Waals surface area contributed by atoms with Crippen LogP contribution in [0.2, 0.25) is 0 Å². The quantitative estimate of drug-likeness (QED) is 0.303. The molecule has 5 heteroatoms. The number of aliphatic hydroxyl groups excluding tert-OH is 3. The molecule has 1 fully saturated rings. The summed E-state index contributed by atoms with van der Waals surface area (Å²) in [4.78, 5) is 0. The van der Waals surface area contributed by atoms with Crippen molar-refractivity contribution in [1.82, 2.24) is 0 Å². The third-order valence-corrected chi connectivity index (χ3v) is 4.92. The third kappa shape index (κ3) is 10.6. The SMILES string of the molecule is CCC/C=C/CCCCCCCCCCOC[C@@H]1OC[C@@H](O)[C@H](O)[C@H]1O. The monoisotopic (exact) mass is 372 g/mol. The van der Waals surface area contributed by atoms with Gasteiger partial charge < -0.3 is 24.8 Å². The first kappa shape index (κ1) is 23.6. The molecule has 1 rings (SSSR count). The van der Waals surface area contributed by atoms with Crippen molar-refractivity contribution in [2.45, 2.75) is 102 Å². The van der Waals surface area contributed by atoms with E-state index in [0.717, 1.165) is 12.8 Å². The lowest BCUT2D eigenvalue weighted by Crippen LogP contribution is -2.54. The van der Waals surface area contributed by atoms with Gasteiger partial charge in [0.25, 0.3) is 0 Å². The fraction of sp³-hybridized carbons (Fsp3) is 0.905. The molecule has 154 valence electrons. The summed E-state index contributed by atoms with van der Waals surface area (Å²) in [7, 11) is 0. The summed E-state index contributed by atoms with van der Waals surface area (Å²) in [5, 5.41) is 28.8. The lowest BCUT2D eigenvalue weighted by Gasteiger charge is -2.35. The van der Waals surface area contributed by atoms with Crippen LogP contribution in [0.1, 0.15) is 77.6 Å². The van der Waals surface area contributed by atoms with E-state index >= 15 is 0 Å². The Labute approximate surface area is 159 Å². The zero-order chi connectivity index (χ0) is 19.0. The minimum Gasteiger partial charge on any atom is -0.388 e. The molecule has 0 aromatic rings. The number of rotatable bonds is 15. The van der Waals surface area contributed by atoms with Crippen LogP contribution in [0.15, 0.2) is 12.2 Å². The molecule has 4 atom stereocenters. The summed E-state index contributed by atoms with van der Waals surface area (Å²) in [6.45, 7) is 3.16. The highest BCUT2D eigenvalue weighted by molar-refractivity contribution is 4.86. The van der Waals surface area contributed by atoms with Crippen LogP contribution in [-0.4, -0.2) is 59.6 Å². The summed E-state index contributed by atoms with van der Waals surface area (Å²) in [6, 6.07) is 0. The predicted molar refractivity (Wildman–Crippen MR) is 104 cm³/mol. The largest absolute Gasteiger partial charge is 0.388 e. The van der Waals surface area contributed by atoms with Gasteiger partial charge >= 0.3 is 0 Å². The van der Waals surface area contributed by atoms with Crippen LogP contribution in [0.4, 0.5) is 0 Å². The normalized spacial score (nSPS) is 26.6. The number of unbranched alkanes of at least 4 members (excludes halogenated alkanes) is 9. The van der Waals surface area contributed by atoms with E-state index in [1.54, 1.807) is 0 Å². The molecule has 0 aromatic heterocycles. The van der Waals surface area contributed by atoms with Crippen molar-refractivity contribution in [3.8, 4) is 0 Å². The molecule has 5 nitrogen and oxygen atoms in total. The van der Waals surface area contributed by atoms with Crippen LogP contribution in [0.3, 0.4) is 0 Å². The van der Waals surface area contributed by atoms with Crippen molar-refractivity contribution in [3.63, 3.8) is 0 Å². The predicted octanol–water partition coefficient (Wildman–Crippen LogP) is 3.35. The Morgan fingerprint density at radius 1 is 0.846 bits per heavy atom. The molecule has 1 saturated heterocycles. The van der Waals surface area contributed by atoms with Crippen molar-refractivity contribution >= 4 is 0 Å². The lowest BCUT2D eigenvalue weighted by atomic mass is 10.0. The van der Waals surface area contributed by atoms with Crippen molar-refractivity contribution in [2.24, 2.45) is 0 Å². The molecule has 0 saturated carbocycles. The van der Waals surface area contributed by atoms with Crippen LogP contribution in [0, 0.1) is 0 Å². The van der Waals surface area contributed by atoms with Gasteiger partial charge in [-0.2, -0.15) is 0 Å². The van der Waals surface area contributed by atoms with Crippen LogP contribution >= 0.6 is 0 Å². The Morgan fingerprint density at radius 3 is 2.15 bits per heavy atom. The topological polar surface area (TPSA) is 79.2 Å². The van der Waals surface area contributed by atoms with Crippen molar-refractivity contribution < 1.29 is 24.8 Å². The first-order valence-electron chi connectivity index (χ1n) is 10.5. The van der Waals surface area contributed by atoms with Crippen molar-refractivity contribution in [2.75, 3.05) is 19.8 Å². The molecule has 0 radical (unpaired) electrons. The van der Waals surface area contributed by atoms with Gasteiger partial charge in [0.2, 0.25) is 0 Å². The van der Waals surface area contributed by atoms with Gasteiger partial charge in [-0.3, -0.25) is 0 Å². The highest BCUT2D eigenvalue weighted by Gasteiger charge is 2.37. The van der Waals surface area contributed by atoms with Crippen LogP contribution in [-0.2, 0) is 9.47 Å². The third-order valence-electron chi connectivity index (χ3n) is 4.92. The van der Waals surface area contributed by atoms with Gasteiger partial charge in [-0.1, -0.05) is 64.0 Å². The second-order valence-corrected chi connectivity index (χ2v) is 7.37. The molecule has 0 amide bonds. The maximum Gasteiger partial charge on any atom is 0.111 e. The molecule has 0 unspecified atom stereocenters. The Balaban J connectivity index is 1.82. The smallest absolute Gasteiger partial charge is 0.111 e. The van der Waals surface area contributed by atoms with Crippen LogP contribution in [0.5, 0.6) is 0 Å². The molecular formula is C21H40O5. The van der Waals surface area contributed by atoms with E-state index in [1.165, 1.54) is 57.8 Å². The molecule has 26 heavy (non-hydrogen) atoms. The molecule has 1 aliphatic heterocycles. The zero-order valence-corrected chi connectivity index (χ0v) is 16.5. The second kappa shape index (κ2) is 15.6. The van der Waals surface area contributed by atoms with Gasteiger partial charge in [0.05, 0.1) is 13.2 Å². The van der Waals surface area contributed by atoms with E-state index in [0.29, 0.717) is 6.61 Å². The number of hydrogen-bond donors (Lipinski definition) is 3. The Bertz CT molecular complexity index is 347. The summed E-state index contributed by atoms with van der Waals surface area (Å²) >= 11 is 0. The number of aliphatic hydroxyl groups is 3. The molecule has 0 aliphatic carbocycles. The molecule has 0 spiro atoms. The van der Waals surface area contributed by atoms with Gasteiger partial charge in [-0.15, -0.1) is 0 Å². The number of hydrogen-bond acceptors (Lipinski definition) is 5. The molecule has 1 heterocycles. The van der Waals surface area contributed by atoms with Crippen LogP contribution in [0.25, 0.3) is 0 Å². The van der Waals surface area contributed by atoms with Crippen LogP contribution < -0.4 is 0 Å². The van der Waals surface area contributed by atoms with Gasteiger partial charge in [0.15, 0.2) is 0 Å². The molecule has 0 bridgehead atoms. The minimum absolute atomic E-state index is 0.0429. The van der Waals surface area contributed by atoms with E-state index in [4.69, 9.17) is 9.47 Å². The first-order chi connectivity index (χ1) is 12.7. The highest BCUT2D eigenvalue weighted by atomic mass is 16.6. The fourth-order valence-electron chi connectivity index (χ4n) is 3.14. The average Bonchev–Trinajstić information content (AvgIpc) is 2.64. The molecule has 3 N–H and O–H groups in total. The van der Waals surface area contributed by atoms with Crippen molar-refractivity contribution in [1.29, 1.82) is 0 Å². The Kier molecular flexibility index (Phi) is 14.1. The second-order valence-electron chi connectivity index (χ2n) is 7.37. The van der Waals surface area contributed by atoms with Gasteiger partial charge in [0.1, 0.15) is 24.4 Å². The molecular weight excluding hydrogens is 332 g/mol. The number of ether oxygens (including phenoxy) is 2. The Hall–Kier alpha value is -0.460. The zero-order valence-electron chi connectivity index (χ0n) is 16.5. The summed E-state index contributed by atoms with van der Waals surface area (Å²) in [6.07, 6.45) is 14.5. The van der Waals surface area contributed by atoms with Gasteiger partial charge in [-0.05, 0) is 25.7 Å². The standard InChI is InChI=1S/C21H40O5/c1-2-3-4-5-6-7-8-9-10-11-12-13-14-15-25-17-19-21(24)20(23)18(22)16-26-19/h4-5,18-24H,2-3,6-17H2,1H3/b5-4+/t18-,19+,20+,21+/m1/s1. The van der Waals surface area contributed by atoms with E-state index in [1.807, 2.05) is 0 Å². The maximum absolute atomic E-state index is 9.80. The summed E-state index contributed by atoms with van der Waals surface area (Å²) in [5.74, 6) is 0. The lowest BCUT2D eigenvalue weighted by molar-refractivity contribution is -0.199. The summed E-state index contributed by atoms with van der Waals surface area (Å²) < 4.78 is 10.8. The number of allylic oxidation sites excluding steroid dienone is 2. The minimum atomic E-state index is -1.15. The van der Waals surface area contributed by atoms with Gasteiger partial charge in [-0.25, -0.2) is 0 Å². The van der Waals surface area contributed by atoms with E-state index in [-0.39, 0.29) is 13.2 Å². The van der Waals surface area contributed by atoms with Crippen molar-refractivity contribution in [3.05, 3.63) is 12.2 Å². The summed E-state index contributed by atoms with van der Waals surface area (Å²) in [5.41, 5.74) is 0.